The van der Waals surface area contributed by atoms with E-state index in [-0.39, 0.29) is 31.9 Å². The van der Waals surface area contributed by atoms with Crippen LogP contribution in [-0.4, -0.2) is 4.98 Å². The number of halogens is 1. The van der Waals surface area contributed by atoms with Gasteiger partial charge in [-0.15, -0.1) is 0 Å². The molecule has 1 nitrogen and oxygen atoms in total. The van der Waals surface area contributed by atoms with Gasteiger partial charge >= 0.3 is 19.5 Å². The van der Waals surface area contributed by atoms with E-state index in [9.17, 15) is 0 Å². The number of rotatable bonds is 0. The number of nitrogens with zero attached hydrogens (tertiary/aromatic N) is 1. The van der Waals surface area contributed by atoms with Crippen molar-refractivity contribution in [2.24, 2.45) is 0 Å². The quantitative estimate of drug-likeness (QED) is 0.429. The minimum absolute atomic E-state index is 0. The minimum atomic E-state index is 0. The first-order valence-corrected chi connectivity index (χ1v) is 4.68. The Morgan fingerprint density at radius 2 is 1.12 bits per heavy atom. The van der Waals surface area contributed by atoms with Crippen LogP contribution in [0.2, 0.25) is 0 Å². The van der Waals surface area contributed by atoms with E-state index in [1.807, 2.05) is 36.4 Å². The molecule has 0 saturated heterocycles. The van der Waals surface area contributed by atoms with Crippen molar-refractivity contribution in [3.63, 3.8) is 0 Å². The first-order chi connectivity index (χ1) is 6.93. The Morgan fingerprint density at radius 1 is 0.688 bits per heavy atom. The summed E-state index contributed by atoms with van der Waals surface area (Å²) in [6.45, 7) is 0. The fourth-order valence-electron chi connectivity index (χ4n) is 1.72. The van der Waals surface area contributed by atoms with Gasteiger partial charge in [0.2, 0.25) is 0 Å². The maximum Gasteiger partial charge on any atom is 2.00 e. The molecule has 0 unspecified atom stereocenters. The monoisotopic (exact) mass is 278 g/mol. The predicted molar refractivity (Wildman–Crippen MR) is 59.2 cm³/mol. The molecule has 3 heteroatoms. The van der Waals surface area contributed by atoms with Gasteiger partial charge in [-0.25, -0.2) is 4.98 Å². The van der Waals surface area contributed by atoms with Crippen LogP contribution in [0, 0.1) is 0 Å². The van der Waals surface area contributed by atoms with Gasteiger partial charge in [-0.05, 0) is 18.2 Å². The molecule has 1 heterocycles. The van der Waals surface area contributed by atoms with E-state index in [1.165, 1.54) is 10.8 Å². The average Bonchev–Trinajstić information content (AvgIpc) is 2.26. The van der Waals surface area contributed by atoms with Gasteiger partial charge < -0.3 is 12.4 Å². The molecule has 0 aliphatic heterocycles. The number of pyridine rings is 1. The molecule has 0 radical (unpaired) electrons. The van der Waals surface area contributed by atoms with Gasteiger partial charge in [0.1, 0.15) is 0 Å². The van der Waals surface area contributed by atoms with Crippen LogP contribution in [0.15, 0.2) is 54.6 Å². The fraction of sp³-hybridized carbons (Fsp3) is 0. The van der Waals surface area contributed by atoms with Crippen molar-refractivity contribution in [2.45, 2.75) is 0 Å². The van der Waals surface area contributed by atoms with Gasteiger partial charge in [0.15, 0.2) is 0 Å². The van der Waals surface area contributed by atoms with Crippen molar-refractivity contribution in [1.82, 2.24) is 4.98 Å². The third kappa shape index (κ3) is 2.24. The Hall–Kier alpha value is -0.977. The maximum absolute atomic E-state index is 4.58. The van der Waals surface area contributed by atoms with Crippen LogP contribution in [0.25, 0.3) is 21.8 Å². The molecular formula is C13H9ClNZn+. The molecule has 16 heavy (non-hydrogen) atoms. The van der Waals surface area contributed by atoms with E-state index in [0.29, 0.717) is 0 Å². The molecule has 0 atom stereocenters. The standard InChI is InChI=1S/C13H9N.ClH.Zn/c1-3-7-12-10(5-1)9-11-6-2-4-8-13(11)14-12;;/h1-9H;1H;/q;;+2/p-1. The number of fused-ring (bicyclic) bond motifs is 2. The summed E-state index contributed by atoms with van der Waals surface area (Å²) < 4.78 is 0. The van der Waals surface area contributed by atoms with Crippen LogP contribution >= 0.6 is 0 Å². The van der Waals surface area contributed by atoms with Gasteiger partial charge in [-0.2, -0.15) is 0 Å². The minimum Gasteiger partial charge on any atom is -1.00 e. The van der Waals surface area contributed by atoms with E-state index in [0.717, 1.165) is 11.0 Å². The summed E-state index contributed by atoms with van der Waals surface area (Å²) >= 11 is 0. The van der Waals surface area contributed by atoms with Crippen LogP contribution in [0.4, 0.5) is 0 Å². The topological polar surface area (TPSA) is 12.9 Å². The summed E-state index contributed by atoms with van der Waals surface area (Å²) in [5, 5.41) is 2.40. The first-order valence-electron chi connectivity index (χ1n) is 4.68. The molecule has 0 aliphatic rings. The van der Waals surface area contributed by atoms with E-state index in [4.69, 9.17) is 0 Å². The zero-order valence-electron chi connectivity index (χ0n) is 8.73. The van der Waals surface area contributed by atoms with Crippen molar-refractivity contribution in [1.29, 1.82) is 0 Å². The SMILES string of the molecule is [Cl-].[Zn+2].c1ccc2nc3ccccc3cc2c1. The molecule has 3 rings (SSSR count). The van der Waals surface area contributed by atoms with Crippen molar-refractivity contribution < 1.29 is 31.9 Å². The maximum atomic E-state index is 4.58. The van der Waals surface area contributed by atoms with Crippen LogP contribution in [0.1, 0.15) is 0 Å². The van der Waals surface area contributed by atoms with Crippen molar-refractivity contribution in [3.05, 3.63) is 54.6 Å². The predicted octanol–water partition coefficient (Wildman–Crippen LogP) is 0.390. The number of hydrogen-bond acceptors (Lipinski definition) is 1. The normalized spacial score (nSPS) is 9.50. The van der Waals surface area contributed by atoms with Crippen LogP contribution in [0.3, 0.4) is 0 Å². The second-order valence-electron chi connectivity index (χ2n) is 3.37. The number of aromatic nitrogens is 1. The molecule has 1 aromatic heterocycles. The Kier molecular flexibility index (Phi) is 4.40. The molecule has 0 N–H and O–H groups in total. The van der Waals surface area contributed by atoms with Crippen LogP contribution in [0.5, 0.6) is 0 Å². The van der Waals surface area contributed by atoms with Crippen molar-refractivity contribution >= 4 is 21.8 Å². The van der Waals surface area contributed by atoms with Gasteiger partial charge in [-0.3, -0.25) is 0 Å². The second-order valence-corrected chi connectivity index (χ2v) is 3.37. The van der Waals surface area contributed by atoms with Crippen LogP contribution in [-0.2, 0) is 19.5 Å². The summed E-state index contributed by atoms with van der Waals surface area (Å²) in [5.74, 6) is 0. The third-order valence-corrected chi connectivity index (χ3v) is 2.43. The number of hydrogen-bond donors (Lipinski definition) is 0. The second kappa shape index (κ2) is 5.38. The molecule has 74 valence electrons. The van der Waals surface area contributed by atoms with E-state index >= 15 is 0 Å². The number of para-hydroxylation sites is 2. The van der Waals surface area contributed by atoms with Gasteiger partial charge in [0.25, 0.3) is 0 Å². The molecule has 3 aromatic rings. The van der Waals surface area contributed by atoms with Gasteiger partial charge in [-0.1, -0.05) is 36.4 Å². The van der Waals surface area contributed by atoms with E-state index < -0.39 is 0 Å². The zero-order valence-corrected chi connectivity index (χ0v) is 12.5. The Balaban J connectivity index is 0.000000640. The molecule has 0 saturated carbocycles. The molecule has 0 fully saturated rings. The zero-order chi connectivity index (χ0) is 9.38. The molecule has 0 bridgehead atoms. The smallest absolute Gasteiger partial charge is 1.00 e. The molecule has 2 aromatic carbocycles. The van der Waals surface area contributed by atoms with E-state index in [1.54, 1.807) is 0 Å². The molecule has 0 aliphatic carbocycles. The summed E-state index contributed by atoms with van der Waals surface area (Å²) in [6.07, 6.45) is 0. The number of benzene rings is 2. The Morgan fingerprint density at radius 3 is 1.62 bits per heavy atom. The van der Waals surface area contributed by atoms with Gasteiger partial charge in [0.05, 0.1) is 11.0 Å². The average molecular weight is 280 g/mol. The van der Waals surface area contributed by atoms with Crippen molar-refractivity contribution in [2.75, 3.05) is 0 Å². The molecule has 0 amide bonds. The first kappa shape index (κ1) is 13.1. The molecular weight excluding hydrogens is 271 g/mol. The largest absolute Gasteiger partial charge is 2.00 e. The van der Waals surface area contributed by atoms with Crippen molar-refractivity contribution in [3.8, 4) is 0 Å². The summed E-state index contributed by atoms with van der Waals surface area (Å²) in [6, 6.07) is 18.6. The Labute approximate surface area is 113 Å². The van der Waals surface area contributed by atoms with Crippen LogP contribution < -0.4 is 12.4 Å². The fourth-order valence-corrected chi connectivity index (χ4v) is 1.72. The molecule has 0 spiro atoms. The van der Waals surface area contributed by atoms with Gasteiger partial charge in [0, 0.05) is 10.8 Å². The Bertz CT molecular complexity index is 505. The summed E-state index contributed by atoms with van der Waals surface area (Å²) in [7, 11) is 0. The summed E-state index contributed by atoms with van der Waals surface area (Å²) in [5.41, 5.74) is 2.12. The summed E-state index contributed by atoms with van der Waals surface area (Å²) in [4.78, 5) is 4.58. The third-order valence-electron chi connectivity index (χ3n) is 2.43. The van der Waals surface area contributed by atoms with E-state index in [2.05, 4.69) is 23.2 Å².